The second-order valence-corrected chi connectivity index (χ2v) is 6.85. The van der Waals surface area contributed by atoms with E-state index in [2.05, 4.69) is 15.1 Å². The highest BCUT2D eigenvalue weighted by molar-refractivity contribution is 7.15. The highest BCUT2D eigenvalue weighted by Crippen LogP contribution is 2.30. The summed E-state index contributed by atoms with van der Waals surface area (Å²) >= 11 is 1.53. The molecule has 4 aromatic rings. The van der Waals surface area contributed by atoms with Gasteiger partial charge in [0.25, 0.3) is 5.89 Å². The Morgan fingerprint density at radius 3 is 2.19 bits per heavy atom. The number of benzene rings is 2. The zero-order valence-electron chi connectivity index (χ0n) is 14.1. The second kappa shape index (κ2) is 6.68. The van der Waals surface area contributed by atoms with Crippen LogP contribution in [0.3, 0.4) is 0 Å². The SMILES string of the molecule is Cc1nc(C)c(-c2nc(-c3ccc(Oc4ccc(F)cc4)cc3)no2)s1. The Labute approximate surface area is 153 Å². The fraction of sp³-hybridized carbons (Fsp3) is 0.105. The van der Waals surface area contributed by atoms with Gasteiger partial charge < -0.3 is 9.26 Å². The zero-order valence-corrected chi connectivity index (χ0v) is 14.9. The van der Waals surface area contributed by atoms with E-state index in [4.69, 9.17) is 9.26 Å². The Kier molecular flexibility index (Phi) is 4.22. The van der Waals surface area contributed by atoms with Crippen LogP contribution in [0.25, 0.3) is 22.2 Å². The van der Waals surface area contributed by atoms with Crippen molar-refractivity contribution in [3.63, 3.8) is 0 Å². The van der Waals surface area contributed by atoms with E-state index in [1.807, 2.05) is 26.0 Å². The molecule has 0 radical (unpaired) electrons. The molecule has 0 aliphatic carbocycles. The van der Waals surface area contributed by atoms with Gasteiger partial charge in [0, 0.05) is 5.56 Å². The summed E-state index contributed by atoms with van der Waals surface area (Å²) in [7, 11) is 0. The van der Waals surface area contributed by atoms with Gasteiger partial charge in [0.15, 0.2) is 0 Å². The summed E-state index contributed by atoms with van der Waals surface area (Å²) in [6, 6.07) is 13.2. The fourth-order valence-electron chi connectivity index (χ4n) is 2.47. The average molecular weight is 367 g/mol. The summed E-state index contributed by atoms with van der Waals surface area (Å²) in [6.45, 7) is 3.86. The molecule has 0 unspecified atom stereocenters. The Hall–Kier alpha value is -3.06. The zero-order chi connectivity index (χ0) is 18.1. The van der Waals surface area contributed by atoms with Crippen LogP contribution in [0.4, 0.5) is 4.39 Å². The summed E-state index contributed by atoms with van der Waals surface area (Å²) in [5.41, 5.74) is 1.69. The Bertz CT molecular complexity index is 1040. The van der Waals surface area contributed by atoms with Gasteiger partial charge >= 0.3 is 0 Å². The molecule has 0 aliphatic heterocycles. The summed E-state index contributed by atoms with van der Waals surface area (Å²) in [5.74, 6) is 1.87. The maximum atomic E-state index is 12.9. The van der Waals surface area contributed by atoms with Gasteiger partial charge in [-0.1, -0.05) is 5.16 Å². The molecule has 0 amide bonds. The topological polar surface area (TPSA) is 61.0 Å². The third-order valence-electron chi connectivity index (χ3n) is 3.69. The molecule has 4 rings (SSSR count). The van der Waals surface area contributed by atoms with Crippen molar-refractivity contribution >= 4 is 11.3 Å². The molecule has 130 valence electrons. The first-order chi connectivity index (χ1) is 12.6. The molecule has 0 N–H and O–H groups in total. The molecule has 0 saturated carbocycles. The van der Waals surface area contributed by atoms with E-state index < -0.39 is 0 Å². The Morgan fingerprint density at radius 2 is 1.58 bits per heavy atom. The van der Waals surface area contributed by atoms with E-state index >= 15 is 0 Å². The summed E-state index contributed by atoms with van der Waals surface area (Å²) in [4.78, 5) is 9.72. The summed E-state index contributed by atoms with van der Waals surface area (Å²) in [6.07, 6.45) is 0. The van der Waals surface area contributed by atoms with Crippen molar-refractivity contribution in [1.82, 2.24) is 15.1 Å². The number of ether oxygens (including phenoxy) is 1. The maximum absolute atomic E-state index is 12.9. The van der Waals surface area contributed by atoms with Crippen molar-refractivity contribution in [2.24, 2.45) is 0 Å². The van der Waals surface area contributed by atoms with E-state index in [0.29, 0.717) is 23.2 Å². The number of rotatable bonds is 4. The minimum atomic E-state index is -0.299. The van der Waals surface area contributed by atoms with Gasteiger partial charge in [0.2, 0.25) is 5.82 Å². The third-order valence-corrected chi connectivity index (χ3v) is 4.75. The van der Waals surface area contributed by atoms with Crippen LogP contribution in [0.2, 0.25) is 0 Å². The van der Waals surface area contributed by atoms with Crippen LogP contribution in [-0.2, 0) is 0 Å². The summed E-state index contributed by atoms with van der Waals surface area (Å²) in [5, 5.41) is 5.00. The monoisotopic (exact) mass is 367 g/mol. The molecular weight excluding hydrogens is 353 g/mol. The highest BCUT2D eigenvalue weighted by Gasteiger charge is 2.16. The van der Waals surface area contributed by atoms with Crippen LogP contribution in [0.15, 0.2) is 53.1 Å². The number of halogens is 1. The fourth-order valence-corrected chi connectivity index (χ4v) is 3.32. The lowest BCUT2D eigenvalue weighted by Crippen LogP contribution is -1.86. The molecule has 0 atom stereocenters. The van der Waals surface area contributed by atoms with Crippen molar-refractivity contribution in [2.45, 2.75) is 13.8 Å². The van der Waals surface area contributed by atoms with Gasteiger partial charge in [-0.05, 0) is 62.4 Å². The second-order valence-electron chi connectivity index (χ2n) is 5.65. The minimum Gasteiger partial charge on any atom is -0.457 e. The van der Waals surface area contributed by atoms with Crippen LogP contribution in [0.5, 0.6) is 11.5 Å². The number of hydrogen-bond donors (Lipinski definition) is 0. The molecule has 5 nitrogen and oxygen atoms in total. The normalized spacial score (nSPS) is 10.9. The van der Waals surface area contributed by atoms with Crippen molar-refractivity contribution in [3.8, 4) is 33.7 Å². The number of aromatic nitrogens is 3. The lowest BCUT2D eigenvalue weighted by molar-refractivity contribution is 0.433. The van der Waals surface area contributed by atoms with Gasteiger partial charge in [0.05, 0.1) is 10.7 Å². The molecule has 2 aromatic heterocycles. The molecule has 0 fully saturated rings. The van der Waals surface area contributed by atoms with Crippen LogP contribution in [-0.4, -0.2) is 15.1 Å². The Balaban J connectivity index is 1.54. The molecular formula is C19H14FN3O2S. The van der Waals surface area contributed by atoms with E-state index in [-0.39, 0.29) is 5.82 Å². The van der Waals surface area contributed by atoms with Gasteiger partial charge in [-0.2, -0.15) is 4.98 Å². The first-order valence-electron chi connectivity index (χ1n) is 7.90. The highest BCUT2D eigenvalue weighted by atomic mass is 32.1. The van der Waals surface area contributed by atoms with Crippen molar-refractivity contribution in [1.29, 1.82) is 0 Å². The van der Waals surface area contributed by atoms with Crippen molar-refractivity contribution in [3.05, 3.63) is 65.0 Å². The molecule has 7 heteroatoms. The van der Waals surface area contributed by atoms with Gasteiger partial charge in [0.1, 0.15) is 22.2 Å². The molecule has 2 aromatic carbocycles. The molecule has 2 heterocycles. The average Bonchev–Trinajstić information content (AvgIpc) is 3.24. The predicted octanol–water partition coefficient (Wildman–Crippen LogP) is 5.41. The molecule has 26 heavy (non-hydrogen) atoms. The maximum Gasteiger partial charge on any atom is 0.270 e. The van der Waals surface area contributed by atoms with Gasteiger partial charge in [-0.15, -0.1) is 11.3 Å². The Morgan fingerprint density at radius 1 is 0.923 bits per heavy atom. The van der Waals surface area contributed by atoms with Crippen LogP contribution in [0.1, 0.15) is 10.7 Å². The number of thiazole rings is 1. The summed E-state index contributed by atoms with van der Waals surface area (Å²) < 4.78 is 24.0. The number of nitrogens with zero attached hydrogens (tertiary/aromatic N) is 3. The smallest absolute Gasteiger partial charge is 0.270 e. The molecule has 0 spiro atoms. The van der Waals surface area contributed by atoms with Gasteiger partial charge in [-0.25, -0.2) is 9.37 Å². The van der Waals surface area contributed by atoms with E-state index in [9.17, 15) is 4.39 Å². The minimum absolute atomic E-state index is 0.299. The molecule has 0 bridgehead atoms. The largest absolute Gasteiger partial charge is 0.457 e. The van der Waals surface area contributed by atoms with E-state index in [0.717, 1.165) is 21.1 Å². The lowest BCUT2D eigenvalue weighted by Gasteiger charge is -2.05. The van der Waals surface area contributed by atoms with Gasteiger partial charge in [-0.3, -0.25) is 0 Å². The lowest BCUT2D eigenvalue weighted by atomic mass is 10.2. The molecule has 0 aliphatic rings. The standard InChI is InChI=1S/C19H14FN3O2S/c1-11-17(26-12(2)21-11)19-22-18(23-25-19)13-3-7-15(8-4-13)24-16-9-5-14(20)6-10-16/h3-10H,1-2H3. The number of hydrogen-bond acceptors (Lipinski definition) is 6. The molecule has 0 saturated heterocycles. The van der Waals surface area contributed by atoms with Crippen LogP contribution >= 0.6 is 11.3 Å². The quantitative estimate of drug-likeness (QED) is 0.483. The van der Waals surface area contributed by atoms with Crippen molar-refractivity contribution in [2.75, 3.05) is 0 Å². The van der Waals surface area contributed by atoms with Crippen molar-refractivity contribution < 1.29 is 13.7 Å². The predicted molar refractivity (Wildman–Crippen MR) is 96.8 cm³/mol. The van der Waals surface area contributed by atoms with E-state index in [1.165, 1.54) is 23.5 Å². The first kappa shape index (κ1) is 16.4. The van der Waals surface area contributed by atoms with Crippen LogP contribution < -0.4 is 4.74 Å². The first-order valence-corrected chi connectivity index (χ1v) is 8.72. The third kappa shape index (κ3) is 3.34. The van der Waals surface area contributed by atoms with E-state index in [1.54, 1.807) is 24.3 Å². The number of aryl methyl sites for hydroxylation is 2. The van der Waals surface area contributed by atoms with Crippen LogP contribution in [0, 0.1) is 19.7 Å².